The Balaban J connectivity index is 3.31. The molecule has 0 aliphatic heterocycles. The van der Waals surface area contributed by atoms with E-state index in [4.69, 9.17) is 0 Å². The topological polar surface area (TPSA) is 0 Å². The van der Waals surface area contributed by atoms with Gasteiger partial charge in [0.15, 0.2) is 11.6 Å². The van der Waals surface area contributed by atoms with Crippen molar-refractivity contribution < 1.29 is 8.78 Å². The highest BCUT2D eigenvalue weighted by molar-refractivity contribution is 9.24. The Labute approximate surface area is 114 Å². The molecule has 78 valence electrons. The summed E-state index contributed by atoms with van der Waals surface area (Å²) in [6, 6.07) is 2.32. The van der Waals surface area contributed by atoms with Gasteiger partial charge in [0.05, 0.1) is 7.47 Å². The maximum Gasteiger partial charge on any atom is 0.159 e. The molecule has 6 heteroatoms. The lowest BCUT2D eigenvalue weighted by Gasteiger charge is -2.12. The van der Waals surface area contributed by atoms with E-state index >= 15 is 0 Å². The van der Waals surface area contributed by atoms with Gasteiger partial charge in [-0.15, -0.1) is 0 Å². The van der Waals surface area contributed by atoms with Gasteiger partial charge in [0.2, 0.25) is 0 Å². The van der Waals surface area contributed by atoms with Crippen LogP contribution in [0, 0.1) is 11.6 Å². The lowest BCUT2D eigenvalue weighted by molar-refractivity contribution is 0.506. The van der Waals surface area contributed by atoms with Crippen LogP contribution in [-0.4, -0.2) is 0 Å². The molecule has 0 fully saturated rings. The van der Waals surface area contributed by atoms with Crippen LogP contribution in [0.4, 0.5) is 8.78 Å². The highest BCUT2D eigenvalue weighted by Crippen LogP contribution is 2.40. The molecule has 0 nitrogen and oxygen atoms in total. The second-order valence-corrected chi connectivity index (χ2v) is 8.62. The summed E-state index contributed by atoms with van der Waals surface area (Å²) in [6.07, 6.45) is 0. The molecule has 0 unspecified atom stereocenters. The van der Waals surface area contributed by atoms with E-state index in [0.717, 1.165) is 12.1 Å². The number of hydrogen-bond donors (Lipinski definition) is 0. The molecule has 0 amide bonds. The summed E-state index contributed by atoms with van der Waals surface area (Å²) in [6.45, 7) is 0. The van der Waals surface area contributed by atoms with Gasteiger partial charge in [-0.3, -0.25) is 0 Å². The minimum Gasteiger partial charge on any atom is -0.204 e. The van der Waals surface area contributed by atoms with Crippen molar-refractivity contribution in [1.82, 2.24) is 0 Å². The molecule has 0 bridgehead atoms. The fourth-order valence-electron chi connectivity index (χ4n) is 0.956. The van der Waals surface area contributed by atoms with E-state index in [2.05, 4.69) is 63.7 Å². The molecule has 0 aliphatic carbocycles. The second-order valence-electron chi connectivity index (χ2n) is 2.50. The number of halogens is 6. The van der Waals surface area contributed by atoms with Crippen molar-refractivity contribution in [3.63, 3.8) is 0 Å². The van der Waals surface area contributed by atoms with Crippen molar-refractivity contribution >= 4 is 63.7 Å². The lowest BCUT2D eigenvalue weighted by Crippen LogP contribution is -1.96. The number of rotatable bonds is 2. The Hall–Kier alpha value is 1.000. The molecule has 1 aromatic rings. The van der Waals surface area contributed by atoms with Gasteiger partial charge >= 0.3 is 0 Å². The van der Waals surface area contributed by atoms with E-state index < -0.39 is 11.6 Å². The molecule has 14 heavy (non-hydrogen) atoms. The van der Waals surface area contributed by atoms with Crippen molar-refractivity contribution in [1.29, 1.82) is 0 Å². The summed E-state index contributed by atoms with van der Waals surface area (Å²) < 4.78 is 25.5. The van der Waals surface area contributed by atoms with E-state index in [-0.39, 0.29) is 7.47 Å². The van der Waals surface area contributed by atoms with E-state index in [1.165, 1.54) is 0 Å². The maximum absolute atomic E-state index is 12.9. The van der Waals surface area contributed by atoms with Gasteiger partial charge in [-0.05, 0) is 23.3 Å². The van der Waals surface area contributed by atoms with Crippen molar-refractivity contribution in [2.45, 2.75) is 7.47 Å². The molecule has 0 aromatic heterocycles. The summed E-state index contributed by atoms with van der Waals surface area (Å²) in [5.74, 6) is -1.71. The largest absolute Gasteiger partial charge is 0.204 e. The molecular formula is C8H4Br4F2. The van der Waals surface area contributed by atoms with E-state index in [9.17, 15) is 8.78 Å². The van der Waals surface area contributed by atoms with Gasteiger partial charge in [-0.25, -0.2) is 8.78 Å². The summed E-state index contributed by atoms with van der Waals surface area (Å²) in [7, 11) is 0. The highest BCUT2D eigenvalue weighted by Gasteiger charge is 2.17. The third-order valence-corrected chi connectivity index (χ3v) is 3.57. The zero-order valence-corrected chi connectivity index (χ0v) is 12.9. The van der Waals surface area contributed by atoms with Crippen LogP contribution < -0.4 is 0 Å². The highest BCUT2D eigenvalue weighted by atomic mass is 79.9. The zero-order valence-electron chi connectivity index (χ0n) is 6.58. The Bertz CT molecular complexity index is 305. The van der Waals surface area contributed by atoms with E-state index in [1.807, 2.05) is 0 Å². The van der Waals surface area contributed by atoms with E-state index in [0.29, 0.717) is 11.1 Å². The first-order valence-electron chi connectivity index (χ1n) is 3.48. The monoisotopic (exact) mass is 454 g/mol. The molecule has 1 rings (SSSR count). The molecule has 1 aromatic carbocycles. The summed E-state index contributed by atoms with van der Waals surface area (Å²) in [5, 5.41) is 0. The third kappa shape index (κ3) is 3.00. The van der Waals surface area contributed by atoms with Crippen LogP contribution >= 0.6 is 63.7 Å². The van der Waals surface area contributed by atoms with Gasteiger partial charge in [-0.2, -0.15) is 0 Å². The SMILES string of the molecule is Fc1cc(C(Br)Br)c(C(Br)Br)cc1F. The Morgan fingerprint density at radius 1 is 0.786 bits per heavy atom. The molecule has 0 N–H and O–H groups in total. The van der Waals surface area contributed by atoms with Crippen LogP contribution in [0.5, 0.6) is 0 Å². The summed E-state index contributed by atoms with van der Waals surface area (Å²) in [4.78, 5) is 0. The minimum atomic E-state index is -0.853. The smallest absolute Gasteiger partial charge is 0.159 e. The Morgan fingerprint density at radius 3 is 1.29 bits per heavy atom. The normalized spacial score (nSPS) is 11.4. The number of hydrogen-bond acceptors (Lipinski definition) is 0. The summed E-state index contributed by atoms with van der Waals surface area (Å²) in [5.41, 5.74) is 1.28. The molecule has 0 radical (unpaired) electrons. The fraction of sp³-hybridized carbons (Fsp3) is 0.250. The van der Waals surface area contributed by atoms with Crippen LogP contribution in [0.2, 0.25) is 0 Å². The first-order chi connectivity index (χ1) is 6.43. The molecular weight excluding hydrogens is 454 g/mol. The second kappa shape index (κ2) is 5.37. The molecule has 0 aliphatic rings. The average molecular weight is 458 g/mol. The van der Waals surface area contributed by atoms with Crippen LogP contribution in [0.25, 0.3) is 0 Å². The van der Waals surface area contributed by atoms with Gasteiger partial charge in [0.1, 0.15) is 0 Å². The van der Waals surface area contributed by atoms with Gasteiger partial charge in [0, 0.05) is 0 Å². The zero-order chi connectivity index (χ0) is 10.9. The van der Waals surface area contributed by atoms with Crippen molar-refractivity contribution in [2.75, 3.05) is 0 Å². The average Bonchev–Trinajstić information content (AvgIpc) is 2.08. The molecule has 0 atom stereocenters. The van der Waals surface area contributed by atoms with E-state index in [1.54, 1.807) is 0 Å². The minimum absolute atomic E-state index is 0.210. The number of alkyl halides is 4. The maximum atomic E-state index is 12.9. The standard InChI is InChI=1S/C8H4Br4F2/c9-7(10)3-1-5(13)6(14)2-4(3)8(11)12/h1-2,7-8H. The van der Waals surface area contributed by atoms with Crippen LogP contribution in [0.15, 0.2) is 12.1 Å². The van der Waals surface area contributed by atoms with Crippen LogP contribution in [-0.2, 0) is 0 Å². The van der Waals surface area contributed by atoms with Crippen molar-refractivity contribution in [3.05, 3.63) is 34.9 Å². The summed E-state index contributed by atoms with van der Waals surface area (Å²) >= 11 is 13.0. The van der Waals surface area contributed by atoms with Gasteiger partial charge < -0.3 is 0 Å². The van der Waals surface area contributed by atoms with Crippen LogP contribution in [0.3, 0.4) is 0 Å². The predicted octanol–water partition coefficient (Wildman–Crippen LogP) is 5.54. The van der Waals surface area contributed by atoms with Gasteiger partial charge in [-0.1, -0.05) is 63.7 Å². The first-order valence-corrected chi connectivity index (χ1v) is 7.15. The quantitative estimate of drug-likeness (QED) is 0.512. The molecule has 0 saturated carbocycles. The lowest BCUT2D eigenvalue weighted by atomic mass is 10.1. The third-order valence-electron chi connectivity index (χ3n) is 1.60. The predicted molar refractivity (Wildman–Crippen MR) is 67.5 cm³/mol. The molecule has 0 spiro atoms. The Kier molecular flexibility index (Phi) is 5.01. The van der Waals surface area contributed by atoms with Crippen LogP contribution in [0.1, 0.15) is 18.6 Å². The first kappa shape index (κ1) is 13.1. The fourth-order valence-corrected chi connectivity index (χ4v) is 2.54. The Morgan fingerprint density at radius 2 is 1.07 bits per heavy atom. The van der Waals surface area contributed by atoms with Crippen molar-refractivity contribution in [3.8, 4) is 0 Å². The molecule has 0 saturated heterocycles. The van der Waals surface area contributed by atoms with Crippen molar-refractivity contribution in [2.24, 2.45) is 0 Å². The molecule has 0 heterocycles. The van der Waals surface area contributed by atoms with Gasteiger partial charge in [0.25, 0.3) is 0 Å². The number of benzene rings is 1.